The molecule has 0 amide bonds. The number of hydrogen-bond donors (Lipinski definition) is 2. The average Bonchev–Trinajstić information content (AvgIpc) is 2.79. The minimum atomic E-state index is -0.146. The zero-order valence-electron chi connectivity index (χ0n) is 20.8. The first-order valence-electron chi connectivity index (χ1n) is 12.1. The van der Waals surface area contributed by atoms with Crippen LogP contribution in [0.1, 0.15) is 70.2 Å². The van der Waals surface area contributed by atoms with Crippen molar-refractivity contribution in [3.63, 3.8) is 0 Å². The summed E-state index contributed by atoms with van der Waals surface area (Å²) in [7, 11) is 0. The van der Waals surface area contributed by atoms with E-state index in [1.165, 1.54) is 22.3 Å². The normalized spacial score (nSPS) is 11.9. The lowest BCUT2D eigenvalue weighted by Crippen LogP contribution is -2.35. The molecule has 2 N–H and O–H groups in total. The summed E-state index contributed by atoms with van der Waals surface area (Å²) in [5.74, 6) is 2.61. The summed E-state index contributed by atoms with van der Waals surface area (Å²) in [6.45, 7) is 14.1. The highest BCUT2D eigenvalue weighted by Crippen LogP contribution is 2.46. The first kappa shape index (κ1) is 26.2. The topological polar surface area (TPSA) is 58.9 Å². The Balaban J connectivity index is 2.67. The van der Waals surface area contributed by atoms with Crippen molar-refractivity contribution < 1.29 is 19.7 Å². The third-order valence-electron chi connectivity index (χ3n) is 6.33. The fourth-order valence-electron chi connectivity index (χ4n) is 4.81. The largest absolute Gasteiger partial charge is 0.491 e. The van der Waals surface area contributed by atoms with E-state index in [2.05, 4.69) is 77.9 Å². The molecule has 0 spiro atoms. The summed E-state index contributed by atoms with van der Waals surface area (Å²) in [5.41, 5.74) is 4.81. The molecule has 0 saturated heterocycles. The van der Waals surface area contributed by atoms with Gasteiger partial charge in [0, 0.05) is 5.41 Å². The van der Waals surface area contributed by atoms with Gasteiger partial charge in [-0.1, -0.05) is 65.8 Å². The van der Waals surface area contributed by atoms with Crippen LogP contribution in [0.15, 0.2) is 36.4 Å². The van der Waals surface area contributed by atoms with Crippen LogP contribution in [0.5, 0.6) is 11.5 Å². The van der Waals surface area contributed by atoms with E-state index in [9.17, 15) is 10.2 Å². The van der Waals surface area contributed by atoms with Gasteiger partial charge in [0.15, 0.2) is 0 Å². The molecule has 0 bridgehead atoms. The van der Waals surface area contributed by atoms with Crippen molar-refractivity contribution in [2.45, 2.75) is 66.2 Å². The molecule has 4 nitrogen and oxygen atoms in total. The van der Waals surface area contributed by atoms with Gasteiger partial charge in [0.1, 0.15) is 24.7 Å². The highest BCUT2D eigenvalue weighted by Gasteiger charge is 2.39. The Labute approximate surface area is 194 Å². The second kappa shape index (κ2) is 12.3. The molecule has 32 heavy (non-hydrogen) atoms. The predicted octanol–water partition coefficient (Wildman–Crippen LogP) is 5.54. The van der Waals surface area contributed by atoms with Gasteiger partial charge in [0.2, 0.25) is 0 Å². The lowest BCUT2D eigenvalue weighted by Gasteiger charge is -2.41. The first-order valence-corrected chi connectivity index (χ1v) is 12.1. The van der Waals surface area contributed by atoms with Crippen LogP contribution in [0.4, 0.5) is 0 Å². The smallest absolute Gasteiger partial charge is 0.122 e. The van der Waals surface area contributed by atoms with Gasteiger partial charge >= 0.3 is 0 Å². The van der Waals surface area contributed by atoms with Crippen LogP contribution in [0, 0.1) is 11.8 Å². The van der Waals surface area contributed by atoms with Crippen LogP contribution in [-0.2, 0) is 18.3 Å². The maximum atomic E-state index is 9.17. The van der Waals surface area contributed by atoms with Crippen molar-refractivity contribution in [1.82, 2.24) is 0 Å². The quantitative estimate of drug-likeness (QED) is 0.427. The van der Waals surface area contributed by atoms with E-state index >= 15 is 0 Å². The Hall–Kier alpha value is -2.04. The lowest BCUT2D eigenvalue weighted by atomic mass is 9.62. The highest BCUT2D eigenvalue weighted by atomic mass is 16.5. The maximum Gasteiger partial charge on any atom is 0.122 e. The summed E-state index contributed by atoms with van der Waals surface area (Å²) in [4.78, 5) is 0. The van der Waals surface area contributed by atoms with Gasteiger partial charge in [-0.3, -0.25) is 0 Å². The summed E-state index contributed by atoms with van der Waals surface area (Å²) >= 11 is 0. The summed E-state index contributed by atoms with van der Waals surface area (Å²) in [6.07, 6.45) is 2.78. The van der Waals surface area contributed by atoms with Crippen LogP contribution in [-0.4, -0.2) is 36.6 Å². The minimum Gasteiger partial charge on any atom is -0.491 e. The standard InChI is InChI=1S/C28H42O4/c1-7-22-17-24(9-11-26(22)31-15-13-29)28(21(5)6,19-20(3)4)25-10-12-27(32-16-14-30)23(8-2)18-25/h9-12,17-18,20-21,29-30H,7-8,13-16,19H2,1-6H3. The van der Waals surface area contributed by atoms with Gasteiger partial charge in [-0.05, 0) is 65.5 Å². The molecule has 4 heteroatoms. The van der Waals surface area contributed by atoms with E-state index in [4.69, 9.17) is 9.47 Å². The molecule has 0 radical (unpaired) electrons. The number of ether oxygens (including phenoxy) is 2. The summed E-state index contributed by atoms with van der Waals surface area (Å²) < 4.78 is 11.6. The molecule has 0 aromatic heterocycles. The van der Waals surface area contributed by atoms with E-state index in [0.29, 0.717) is 25.0 Å². The van der Waals surface area contributed by atoms with Crippen molar-refractivity contribution >= 4 is 0 Å². The molecule has 0 aliphatic rings. The van der Waals surface area contributed by atoms with Gasteiger partial charge in [-0.25, -0.2) is 0 Å². The Morgan fingerprint density at radius 3 is 1.50 bits per heavy atom. The molecule has 0 heterocycles. The van der Waals surface area contributed by atoms with E-state index < -0.39 is 0 Å². The van der Waals surface area contributed by atoms with Crippen LogP contribution in [0.3, 0.4) is 0 Å². The molecule has 178 valence electrons. The predicted molar refractivity (Wildman–Crippen MR) is 132 cm³/mol. The highest BCUT2D eigenvalue weighted by molar-refractivity contribution is 5.49. The molecule has 2 aromatic carbocycles. The number of aliphatic hydroxyl groups is 2. The van der Waals surface area contributed by atoms with Crippen LogP contribution in [0.2, 0.25) is 0 Å². The van der Waals surface area contributed by atoms with E-state index in [1.807, 2.05) is 0 Å². The van der Waals surface area contributed by atoms with Crippen LogP contribution in [0.25, 0.3) is 0 Å². The van der Waals surface area contributed by atoms with Crippen LogP contribution >= 0.6 is 0 Å². The number of aryl methyl sites for hydroxylation is 2. The molecule has 0 aliphatic heterocycles. The molecular formula is C28H42O4. The Bertz CT molecular complexity index is 782. The van der Waals surface area contributed by atoms with Crippen LogP contribution < -0.4 is 9.47 Å². The Kier molecular flexibility index (Phi) is 10.0. The number of rotatable bonds is 13. The Morgan fingerprint density at radius 2 is 1.19 bits per heavy atom. The number of benzene rings is 2. The third kappa shape index (κ3) is 5.85. The zero-order chi connectivity index (χ0) is 23.7. The van der Waals surface area contributed by atoms with E-state index in [1.54, 1.807) is 0 Å². The van der Waals surface area contributed by atoms with Crippen molar-refractivity contribution in [2.75, 3.05) is 26.4 Å². The molecule has 0 saturated carbocycles. The first-order chi connectivity index (χ1) is 15.3. The maximum absolute atomic E-state index is 9.17. The average molecular weight is 443 g/mol. The SMILES string of the molecule is CCc1cc(C(CC(C)C)(c2ccc(OCCO)c(CC)c2)C(C)C)ccc1OCCO. The van der Waals surface area contributed by atoms with Crippen molar-refractivity contribution in [3.05, 3.63) is 58.7 Å². The zero-order valence-corrected chi connectivity index (χ0v) is 20.8. The number of hydrogen-bond acceptors (Lipinski definition) is 4. The molecule has 0 fully saturated rings. The van der Waals surface area contributed by atoms with E-state index in [-0.39, 0.29) is 18.6 Å². The number of aliphatic hydroxyl groups excluding tert-OH is 2. The van der Waals surface area contributed by atoms with Gasteiger partial charge < -0.3 is 19.7 Å². The van der Waals surface area contributed by atoms with Crippen molar-refractivity contribution in [2.24, 2.45) is 11.8 Å². The second-order valence-corrected chi connectivity index (χ2v) is 9.22. The lowest BCUT2D eigenvalue weighted by molar-refractivity contribution is 0.200. The summed E-state index contributed by atoms with van der Waals surface area (Å²) in [5, 5.41) is 18.3. The molecular weight excluding hydrogens is 400 g/mol. The van der Waals surface area contributed by atoms with Gasteiger partial charge in [0.05, 0.1) is 13.2 Å². The molecule has 0 unspecified atom stereocenters. The summed E-state index contributed by atoms with van der Waals surface area (Å²) in [6, 6.07) is 13.2. The minimum absolute atomic E-state index is 0.0126. The monoisotopic (exact) mass is 442 g/mol. The second-order valence-electron chi connectivity index (χ2n) is 9.22. The fourth-order valence-corrected chi connectivity index (χ4v) is 4.81. The fraction of sp³-hybridized carbons (Fsp3) is 0.571. The Morgan fingerprint density at radius 1 is 0.750 bits per heavy atom. The van der Waals surface area contributed by atoms with Gasteiger partial charge in [0.25, 0.3) is 0 Å². The van der Waals surface area contributed by atoms with Gasteiger partial charge in [-0.2, -0.15) is 0 Å². The third-order valence-corrected chi connectivity index (χ3v) is 6.33. The van der Waals surface area contributed by atoms with Crippen molar-refractivity contribution in [1.29, 1.82) is 0 Å². The molecule has 0 aliphatic carbocycles. The molecule has 2 aromatic rings. The van der Waals surface area contributed by atoms with Crippen molar-refractivity contribution in [3.8, 4) is 11.5 Å². The van der Waals surface area contributed by atoms with E-state index in [0.717, 1.165) is 30.8 Å². The molecule has 0 atom stereocenters. The van der Waals surface area contributed by atoms with Gasteiger partial charge in [-0.15, -0.1) is 0 Å². The molecule has 2 rings (SSSR count).